The van der Waals surface area contributed by atoms with E-state index in [4.69, 9.17) is 10.00 Å². The van der Waals surface area contributed by atoms with E-state index in [0.29, 0.717) is 24.5 Å². The van der Waals surface area contributed by atoms with Gasteiger partial charge in [0.25, 0.3) is 0 Å². The van der Waals surface area contributed by atoms with Gasteiger partial charge in [0.1, 0.15) is 5.75 Å². The van der Waals surface area contributed by atoms with E-state index in [1.165, 1.54) is 12.8 Å². The molecule has 0 unspecified atom stereocenters. The number of benzene rings is 2. The molecule has 26 heavy (non-hydrogen) atoms. The smallest absolute Gasteiger partial charge is 0.227 e. The van der Waals surface area contributed by atoms with Crippen molar-refractivity contribution in [3.05, 3.63) is 59.7 Å². The Bertz CT molecular complexity index is 804. The largest absolute Gasteiger partial charge is 0.490 e. The van der Waals surface area contributed by atoms with E-state index in [1.54, 1.807) is 30.1 Å². The Labute approximate surface area is 155 Å². The summed E-state index contributed by atoms with van der Waals surface area (Å²) in [6, 6.07) is 17.3. The third-order valence-electron chi connectivity index (χ3n) is 4.87. The van der Waals surface area contributed by atoms with Crippen LogP contribution in [0.1, 0.15) is 43.2 Å². The monoisotopic (exact) mass is 348 g/mol. The molecule has 3 rings (SSSR count). The fourth-order valence-electron chi connectivity index (χ4n) is 3.32. The van der Waals surface area contributed by atoms with Crippen molar-refractivity contribution >= 4 is 11.6 Å². The molecule has 2 aromatic carbocycles. The zero-order valence-corrected chi connectivity index (χ0v) is 15.1. The number of hydrogen-bond acceptors (Lipinski definition) is 3. The van der Waals surface area contributed by atoms with Gasteiger partial charge in [-0.1, -0.05) is 18.2 Å². The number of nitrogens with zero attached hydrogens (tertiary/aromatic N) is 2. The highest BCUT2D eigenvalue weighted by atomic mass is 16.5. The van der Waals surface area contributed by atoms with Crippen LogP contribution in [-0.4, -0.2) is 19.1 Å². The molecule has 1 aliphatic rings. The Morgan fingerprint density at radius 1 is 1.19 bits per heavy atom. The molecule has 1 fully saturated rings. The molecule has 4 heteroatoms. The van der Waals surface area contributed by atoms with E-state index in [1.807, 2.05) is 30.3 Å². The van der Waals surface area contributed by atoms with Crippen LogP contribution in [0, 0.1) is 11.3 Å². The second-order valence-electron chi connectivity index (χ2n) is 6.79. The SMILES string of the molecule is CN(C(=O)CCc1cccc(OC2CCCC2)c1)c1cccc(C#N)c1. The first-order valence-electron chi connectivity index (χ1n) is 9.18. The Hall–Kier alpha value is -2.80. The zero-order valence-electron chi connectivity index (χ0n) is 15.1. The summed E-state index contributed by atoms with van der Waals surface area (Å²) in [5.41, 5.74) is 2.40. The Morgan fingerprint density at radius 2 is 1.96 bits per heavy atom. The highest BCUT2D eigenvalue weighted by Gasteiger charge is 2.17. The summed E-state index contributed by atoms with van der Waals surface area (Å²) >= 11 is 0. The maximum Gasteiger partial charge on any atom is 0.227 e. The number of hydrogen-bond donors (Lipinski definition) is 0. The molecule has 2 aromatic rings. The lowest BCUT2D eigenvalue weighted by Crippen LogP contribution is -2.26. The van der Waals surface area contributed by atoms with Crippen molar-refractivity contribution in [3.63, 3.8) is 0 Å². The van der Waals surface area contributed by atoms with Gasteiger partial charge in [-0.25, -0.2) is 0 Å². The van der Waals surface area contributed by atoms with Gasteiger partial charge in [0.15, 0.2) is 0 Å². The fourth-order valence-corrected chi connectivity index (χ4v) is 3.32. The Balaban J connectivity index is 1.57. The lowest BCUT2D eigenvalue weighted by atomic mass is 10.1. The second-order valence-corrected chi connectivity index (χ2v) is 6.79. The van der Waals surface area contributed by atoms with Crippen LogP contribution in [0.3, 0.4) is 0 Å². The number of aryl methyl sites for hydroxylation is 1. The topological polar surface area (TPSA) is 53.3 Å². The molecule has 0 aliphatic heterocycles. The third kappa shape index (κ3) is 4.64. The van der Waals surface area contributed by atoms with E-state index in [0.717, 1.165) is 29.8 Å². The van der Waals surface area contributed by atoms with Crippen molar-refractivity contribution < 1.29 is 9.53 Å². The van der Waals surface area contributed by atoms with Crippen LogP contribution < -0.4 is 9.64 Å². The Morgan fingerprint density at radius 3 is 2.73 bits per heavy atom. The van der Waals surface area contributed by atoms with Gasteiger partial charge in [0, 0.05) is 19.2 Å². The lowest BCUT2D eigenvalue weighted by Gasteiger charge is -2.18. The first kappa shape index (κ1) is 18.0. The average molecular weight is 348 g/mol. The van der Waals surface area contributed by atoms with Gasteiger partial charge in [-0.3, -0.25) is 4.79 Å². The van der Waals surface area contributed by atoms with Crippen molar-refractivity contribution in [1.82, 2.24) is 0 Å². The molecule has 4 nitrogen and oxygen atoms in total. The predicted octanol–water partition coefficient (Wildman–Crippen LogP) is 4.48. The van der Waals surface area contributed by atoms with Crippen molar-refractivity contribution in [3.8, 4) is 11.8 Å². The van der Waals surface area contributed by atoms with E-state index < -0.39 is 0 Å². The van der Waals surface area contributed by atoms with Crippen LogP contribution in [0.4, 0.5) is 5.69 Å². The van der Waals surface area contributed by atoms with Crippen LogP contribution in [0.2, 0.25) is 0 Å². The molecule has 1 amide bonds. The molecule has 1 aliphatic carbocycles. The zero-order chi connectivity index (χ0) is 18.4. The highest BCUT2D eigenvalue weighted by Crippen LogP contribution is 2.25. The number of rotatable bonds is 6. The summed E-state index contributed by atoms with van der Waals surface area (Å²) in [6.07, 6.45) is 6.19. The van der Waals surface area contributed by atoms with Gasteiger partial charge >= 0.3 is 0 Å². The molecule has 0 radical (unpaired) electrons. The van der Waals surface area contributed by atoms with Crippen molar-refractivity contribution in [1.29, 1.82) is 5.26 Å². The molecule has 134 valence electrons. The number of nitriles is 1. The summed E-state index contributed by atoms with van der Waals surface area (Å²) in [4.78, 5) is 14.1. The molecule has 1 saturated carbocycles. The molecule has 0 N–H and O–H groups in total. The van der Waals surface area contributed by atoms with Crippen molar-refractivity contribution in [2.45, 2.75) is 44.6 Å². The van der Waals surface area contributed by atoms with Crippen LogP contribution in [0.15, 0.2) is 48.5 Å². The first-order chi connectivity index (χ1) is 12.7. The summed E-state index contributed by atoms with van der Waals surface area (Å²) in [5.74, 6) is 0.930. The molecule has 0 atom stereocenters. The molecule has 0 heterocycles. The lowest BCUT2D eigenvalue weighted by molar-refractivity contribution is -0.118. The van der Waals surface area contributed by atoms with Gasteiger partial charge in [-0.05, 0) is 68.0 Å². The second kappa shape index (κ2) is 8.53. The van der Waals surface area contributed by atoms with Gasteiger partial charge < -0.3 is 9.64 Å². The maximum atomic E-state index is 12.5. The van der Waals surface area contributed by atoms with Crippen molar-refractivity contribution in [2.75, 3.05) is 11.9 Å². The van der Waals surface area contributed by atoms with E-state index in [9.17, 15) is 4.79 Å². The Kier molecular flexibility index (Phi) is 5.91. The third-order valence-corrected chi connectivity index (χ3v) is 4.87. The molecule has 0 spiro atoms. The van der Waals surface area contributed by atoms with E-state index in [-0.39, 0.29) is 5.91 Å². The normalized spacial score (nSPS) is 14.0. The number of carbonyl (C=O) groups excluding carboxylic acids is 1. The summed E-state index contributed by atoms with van der Waals surface area (Å²) < 4.78 is 6.04. The van der Waals surface area contributed by atoms with Crippen LogP contribution in [0.25, 0.3) is 0 Å². The van der Waals surface area contributed by atoms with Crippen molar-refractivity contribution in [2.24, 2.45) is 0 Å². The summed E-state index contributed by atoms with van der Waals surface area (Å²) in [7, 11) is 1.75. The molecule has 0 saturated heterocycles. The molecular formula is C22H24N2O2. The van der Waals surface area contributed by atoms with E-state index >= 15 is 0 Å². The maximum absolute atomic E-state index is 12.5. The van der Waals surface area contributed by atoms with Gasteiger partial charge in [-0.15, -0.1) is 0 Å². The molecular weight excluding hydrogens is 324 g/mol. The number of carbonyl (C=O) groups is 1. The fraction of sp³-hybridized carbons (Fsp3) is 0.364. The average Bonchev–Trinajstić information content (AvgIpc) is 3.19. The summed E-state index contributed by atoms with van der Waals surface area (Å²) in [5, 5.41) is 9.00. The standard InChI is InChI=1S/C22H24N2O2/c1-24(19-8-4-7-18(14-19)16-23)22(25)13-12-17-6-5-11-21(15-17)26-20-9-2-3-10-20/h4-8,11,14-15,20H,2-3,9-10,12-13H2,1H3. The first-order valence-corrected chi connectivity index (χ1v) is 9.18. The van der Waals surface area contributed by atoms with Gasteiger partial charge in [0.05, 0.1) is 17.7 Å². The van der Waals surface area contributed by atoms with Gasteiger partial charge in [0.2, 0.25) is 5.91 Å². The number of amides is 1. The quantitative estimate of drug-likeness (QED) is 0.773. The number of ether oxygens (including phenoxy) is 1. The minimum absolute atomic E-state index is 0.0298. The summed E-state index contributed by atoms with van der Waals surface area (Å²) in [6.45, 7) is 0. The highest BCUT2D eigenvalue weighted by molar-refractivity contribution is 5.93. The minimum atomic E-state index is 0.0298. The number of anilines is 1. The van der Waals surface area contributed by atoms with Crippen LogP contribution in [0.5, 0.6) is 5.75 Å². The predicted molar refractivity (Wildman–Crippen MR) is 102 cm³/mol. The van der Waals surface area contributed by atoms with Crippen LogP contribution in [-0.2, 0) is 11.2 Å². The van der Waals surface area contributed by atoms with Crippen LogP contribution >= 0.6 is 0 Å². The molecule has 0 aromatic heterocycles. The molecule has 0 bridgehead atoms. The minimum Gasteiger partial charge on any atom is -0.490 e. The van der Waals surface area contributed by atoms with E-state index in [2.05, 4.69) is 6.07 Å². The van der Waals surface area contributed by atoms with Gasteiger partial charge in [-0.2, -0.15) is 5.26 Å².